The number of nitrogens with zero attached hydrogens (tertiary/aromatic N) is 6. The maximum Gasteiger partial charge on any atom is 0.273 e. The molecule has 0 fully saturated rings. The van der Waals surface area contributed by atoms with Crippen LogP contribution in [0.15, 0.2) is 29.0 Å². The highest BCUT2D eigenvalue weighted by Gasteiger charge is 2.15. The molecule has 0 aliphatic heterocycles. The fourth-order valence-electron chi connectivity index (χ4n) is 2.33. The Bertz CT molecular complexity index is 817. The molecule has 9 nitrogen and oxygen atoms in total. The standard InChI is InChI=1S/C15H19N7O2/c1-10(2)14-19-18-13(21(14)3)8-16-15(23)12-7-11(24-20-12)9-22-6-4-5-17-22/h4-7,10H,8-9H2,1-3H3,(H,16,23). The van der Waals surface area contributed by atoms with Crippen molar-refractivity contribution in [2.75, 3.05) is 0 Å². The number of rotatable bonds is 6. The van der Waals surface area contributed by atoms with Gasteiger partial charge in [-0.15, -0.1) is 10.2 Å². The van der Waals surface area contributed by atoms with Gasteiger partial charge in [-0.25, -0.2) is 0 Å². The van der Waals surface area contributed by atoms with Gasteiger partial charge in [-0.3, -0.25) is 9.48 Å². The smallest absolute Gasteiger partial charge is 0.273 e. The molecule has 126 valence electrons. The fourth-order valence-corrected chi connectivity index (χ4v) is 2.33. The van der Waals surface area contributed by atoms with Crippen molar-refractivity contribution < 1.29 is 9.32 Å². The molecule has 0 saturated carbocycles. The summed E-state index contributed by atoms with van der Waals surface area (Å²) in [6.45, 7) is 4.79. The molecule has 3 rings (SSSR count). The van der Waals surface area contributed by atoms with Gasteiger partial charge >= 0.3 is 0 Å². The van der Waals surface area contributed by atoms with E-state index in [0.29, 0.717) is 18.1 Å². The second-order valence-electron chi connectivity index (χ2n) is 5.75. The van der Waals surface area contributed by atoms with Crippen LogP contribution in [0.2, 0.25) is 0 Å². The summed E-state index contributed by atoms with van der Waals surface area (Å²) < 4.78 is 8.74. The van der Waals surface area contributed by atoms with Crippen molar-refractivity contribution >= 4 is 5.91 Å². The zero-order valence-corrected chi connectivity index (χ0v) is 13.8. The van der Waals surface area contributed by atoms with Crippen LogP contribution >= 0.6 is 0 Å². The van der Waals surface area contributed by atoms with Crippen LogP contribution in [0.25, 0.3) is 0 Å². The minimum Gasteiger partial charge on any atom is -0.359 e. The van der Waals surface area contributed by atoms with Gasteiger partial charge in [0.25, 0.3) is 5.91 Å². The number of carbonyl (C=O) groups excluding carboxylic acids is 1. The van der Waals surface area contributed by atoms with Crippen LogP contribution in [0.1, 0.15) is 47.7 Å². The first kappa shape index (κ1) is 15.9. The molecule has 0 aliphatic rings. The van der Waals surface area contributed by atoms with E-state index in [0.717, 1.165) is 5.82 Å². The summed E-state index contributed by atoms with van der Waals surface area (Å²) in [6.07, 6.45) is 3.49. The van der Waals surface area contributed by atoms with Crippen molar-refractivity contribution in [3.63, 3.8) is 0 Å². The Balaban J connectivity index is 1.60. The fraction of sp³-hybridized carbons (Fsp3) is 0.400. The van der Waals surface area contributed by atoms with Crippen LogP contribution in [-0.2, 0) is 20.1 Å². The van der Waals surface area contributed by atoms with Gasteiger partial charge < -0.3 is 14.4 Å². The summed E-state index contributed by atoms with van der Waals surface area (Å²) in [5.41, 5.74) is 0.225. The third kappa shape index (κ3) is 3.34. The molecular weight excluding hydrogens is 310 g/mol. The lowest BCUT2D eigenvalue weighted by Gasteiger charge is -2.06. The van der Waals surface area contributed by atoms with Gasteiger partial charge in [0.05, 0.1) is 6.54 Å². The summed E-state index contributed by atoms with van der Waals surface area (Å²) >= 11 is 0. The quantitative estimate of drug-likeness (QED) is 0.726. The van der Waals surface area contributed by atoms with E-state index < -0.39 is 0 Å². The molecule has 0 aromatic carbocycles. The Morgan fingerprint density at radius 3 is 2.88 bits per heavy atom. The zero-order chi connectivity index (χ0) is 17.1. The Morgan fingerprint density at radius 2 is 2.21 bits per heavy atom. The minimum absolute atomic E-state index is 0.225. The number of carbonyl (C=O) groups is 1. The molecule has 3 heterocycles. The second-order valence-corrected chi connectivity index (χ2v) is 5.75. The first-order chi connectivity index (χ1) is 11.5. The molecule has 0 radical (unpaired) electrons. The van der Waals surface area contributed by atoms with Crippen LogP contribution in [-0.4, -0.2) is 35.6 Å². The van der Waals surface area contributed by atoms with Gasteiger partial charge in [-0.1, -0.05) is 19.0 Å². The van der Waals surface area contributed by atoms with Gasteiger partial charge in [0.2, 0.25) is 0 Å². The molecule has 1 amide bonds. The minimum atomic E-state index is -0.320. The summed E-state index contributed by atoms with van der Waals surface area (Å²) in [7, 11) is 1.88. The Labute approximate surface area is 138 Å². The van der Waals surface area contributed by atoms with Crippen LogP contribution in [0.3, 0.4) is 0 Å². The van der Waals surface area contributed by atoms with E-state index in [1.165, 1.54) is 0 Å². The van der Waals surface area contributed by atoms with Crippen molar-refractivity contribution in [1.82, 2.24) is 35.0 Å². The highest BCUT2D eigenvalue weighted by Crippen LogP contribution is 2.11. The maximum absolute atomic E-state index is 12.2. The summed E-state index contributed by atoms with van der Waals surface area (Å²) in [4.78, 5) is 12.2. The SMILES string of the molecule is CC(C)c1nnc(CNC(=O)c2cc(Cn3cccn3)on2)n1C. The van der Waals surface area contributed by atoms with Gasteiger partial charge in [0.15, 0.2) is 17.3 Å². The van der Waals surface area contributed by atoms with Crippen molar-refractivity contribution in [3.05, 3.63) is 47.6 Å². The van der Waals surface area contributed by atoms with E-state index in [1.807, 2.05) is 37.7 Å². The molecule has 0 spiro atoms. The molecule has 24 heavy (non-hydrogen) atoms. The highest BCUT2D eigenvalue weighted by atomic mass is 16.5. The first-order valence-electron chi connectivity index (χ1n) is 7.64. The molecule has 1 N–H and O–H groups in total. The van der Waals surface area contributed by atoms with Crippen molar-refractivity contribution in [2.45, 2.75) is 32.9 Å². The van der Waals surface area contributed by atoms with Crippen molar-refractivity contribution in [3.8, 4) is 0 Å². The van der Waals surface area contributed by atoms with Crippen LogP contribution in [0.4, 0.5) is 0 Å². The highest BCUT2D eigenvalue weighted by molar-refractivity contribution is 5.92. The number of hydrogen-bond donors (Lipinski definition) is 1. The summed E-state index contributed by atoms with van der Waals surface area (Å²) in [6, 6.07) is 3.42. The topological polar surface area (TPSA) is 104 Å². The Morgan fingerprint density at radius 1 is 1.38 bits per heavy atom. The van der Waals surface area contributed by atoms with Crippen molar-refractivity contribution in [1.29, 1.82) is 0 Å². The predicted molar refractivity (Wildman–Crippen MR) is 84.1 cm³/mol. The van der Waals surface area contributed by atoms with E-state index >= 15 is 0 Å². The van der Waals surface area contributed by atoms with E-state index in [4.69, 9.17) is 4.52 Å². The van der Waals surface area contributed by atoms with Gasteiger partial charge in [0, 0.05) is 31.4 Å². The van der Waals surface area contributed by atoms with Gasteiger partial charge in [-0.05, 0) is 6.07 Å². The van der Waals surface area contributed by atoms with Gasteiger partial charge in [0.1, 0.15) is 12.4 Å². The monoisotopic (exact) mass is 329 g/mol. The van der Waals surface area contributed by atoms with Crippen LogP contribution in [0.5, 0.6) is 0 Å². The number of aromatic nitrogens is 6. The van der Waals surface area contributed by atoms with Crippen molar-refractivity contribution in [2.24, 2.45) is 7.05 Å². The van der Waals surface area contributed by atoms with E-state index in [9.17, 15) is 4.79 Å². The lowest BCUT2D eigenvalue weighted by molar-refractivity contribution is 0.0940. The molecule has 0 aliphatic carbocycles. The summed E-state index contributed by atoms with van der Waals surface area (Å²) in [5, 5.41) is 18.9. The van der Waals surface area contributed by atoms with E-state index in [-0.39, 0.29) is 24.1 Å². The molecule has 0 atom stereocenters. The molecule has 0 saturated heterocycles. The largest absolute Gasteiger partial charge is 0.359 e. The maximum atomic E-state index is 12.2. The lowest BCUT2D eigenvalue weighted by Crippen LogP contribution is -2.24. The average Bonchev–Trinajstić information content (AvgIpc) is 3.27. The molecule has 0 bridgehead atoms. The number of amides is 1. The van der Waals surface area contributed by atoms with Crippen LogP contribution < -0.4 is 5.32 Å². The molecule has 0 unspecified atom stereocenters. The third-order valence-electron chi connectivity index (χ3n) is 3.59. The van der Waals surface area contributed by atoms with E-state index in [1.54, 1.807) is 16.9 Å². The second kappa shape index (κ2) is 6.65. The normalized spacial score (nSPS) is 11.2. The third-order valence-corrected chi connectivity index (χ3v) is 3.59. The molecule has 3 aromatic rings. The van der Waals surface area contributed by atoms with Gasteiger partial charge in [-0.2, -0.15) is 5.10 Å². The molecule has 9 heteroatoms. The molecule has 3 aromatic heterocycles. The molecular formula is C15H19N7O2. The average molecular weight is 329 g/mol. The predicted octanol–water partition coefficient (Wildman–Crippen LogP) is 1.10. The number of nitrogens with one attached hydrogen (secondary N) is 1. The Kier molecular flexibility index (Phi) is 4.41. The first-order valence-corrected chi connectivity index (χ1v) is 7.64. The zero-order valence-electron chi connectivity index (χ0n) is 13.8. The number of hydrogen-bond acceptors (Lipinski definition) is 6. The Hall–Kier alpha value is -2.97. The lowest BCUT2D eigenvalue weighted by atomic mass is 10.2. The van der Waals surface area contributed by atoms with E-state index in [2.05, 4.69) is 25.8 Å². The summed E-state index contributed by atoms with van der Waals surface area (Å²) in [5.74, 6) is 2.08. The van der Waals surface area contributed by atoms with Crippen LogP contribution in [0, 0.1) is 0 Å².